The minimum atomic E-state index is -4.63. The van der Waals surface area contributed by atoms with E-state index in [9.17, 15) is 13.2 Å². The molecule has 0 fully saturated rings. The van der Waals surface area contributed by atoms with E-state index < -0.39 is 12.0 Å². The highest BCUT2D eigenvalue weighted by Crippen LogP contribution is 2.27. The molecule has 0 saturated carbocycles. The van der Waals surface area contributed by atoms with Crippen LogP contribution in [-0.4, -0.2) is 35.2 Å². The van der Waals surface area contributed by atoms with Crippen molar-refractivity contribution in [3.8, 4) is 0 Å². The van der Waals surface area contributed by atoms with Crippen LogP contribution in [0.5, 0.6) is 0 Å². The van der Waals surface area contributed by atoms with E-state index in [-0.39, 0.29) is 4.77 Å². The van der Waals surface area contributed by atoms with Crippen LogP contribution >= 0.6 is 12.2 Å². The van der Waals surface area contributed by atoms with Gasteiger partial charge in [-0.05, 0) is 29.9 Å². The average molecular weight is 315 g/mol. The van der Waals surface area contributed by atoms with Crippen molar-refractivity contribution in [3.05, 3.63) is 40.4 Å². The minimum Gasteiger partial charge on any atom is -0.378 e. The van der Waals surface area contributed by atoms with Gasteiger partial charge >= 0.3 is 6.18 Å². The number of hydrogen-bond acceptors (Lipinski definition) is 4. The Morgan fingerprint density at radius 2 is 1.90 bits per heavy atom. The van der Waals surface area contributed by atoms with Crippen LogP contribution in [-0.2, 0) is 6.18 Å². The highest BCUT2D eigenvalue weighted by atomic mass is 32.1. The number of H-pyrrole nitrogens is 1. The normalized spacial score (nSPS) is 12.0. The molecule has 0 bridgehead atoms. The molecule has 2 rings (SSSR count). The van der Waals surface area contributed by atoms with Gasteiger partial charge in [-0.1, -0.05) is 12.1 Å². The van der Waals surface area contributed by atoms with Crippen molar-refractivity contribution in [1.29, 1.82) is 0 Å². The Hall–Kier alpha value is -2.16. The summed E-state index contributed by atoms with van der Waals surface area (Å²) in [6.07, 6.45) is -3.33. The van der Waals surface area contributed by atoms with Crippen LogP contribution in [0.15, 0.2) is 29.4 Å². The number of aromatic nitrogens is 3. The summed E-state index contributed by atoms with van der Waals surface area (Å²) in [5.74, 6) is -1.19. The van der Waals surface area contributed by atoms with Gasteiger partial charge < -0.3 is 4.90 Å². The van der Waals surface area contributed by atoms with Crippen LogP contribution in [0.3, 0.4) is 0 Å². The van der Waals surface area contributed by atoms with Crippen molar-refractivity contribution in [1.82, 2.24) is 14.9 Å². The lowest BCUT2D eigenvalue weighted by Gasteiger charge is -2.11. The summed E-state index contributed by atoms with van der Waals surface area (Å²) in [5, 5.41) is 8.95. The molecule has 1 N–H and O–H groups in total. The zero-order valence-electron chi connectivity index (χ0n) is 11.2. The monoisotopic (exact) mass is 315 g/mol. The minimum absolute atomic E-state index is 0.219. The summed E-state index contributed by atoms with van der Waals surface area (Å²) in [7, 11) is 3.78. The second-order valence-electron chi connectivity index (χ2n) is 4.39. The van der Waals surface area contributed by atoms with Gasteiger partial charge in [-0.15, -0.1) is 5.10 Å². The maximum Gasteiger partial charge on any atom is 0.453 e. The Bertz CT molecular complexity index is 697. The van der Waals surface area contributed by atoms with Gasteiger partial charge in [0.05, 0.1) is 6.21 Å². The Labute approximate surface area is 123 Å². The molecule has 21 heavy (non-hydrogen) atoms. The molecule has 1 heterocycles. The van der Waals surface area contributed by atoms with E-state index in [1.165, 1.54) is 6.21 Å². The van der Waals surface area contributed by atoms with Crippen molar-refractivity contribution in [2.75, 3.05) is 19.0 Å². The first-order valence-electron chi connectivity index (χ1n) is 5.85. The van der Waals surface area contributed by atoms with Gasteiger partial charge in [-0.2, -0.15) is 22.9 Å². The fraction of sp³-hybridized carbons (Fsp3) is 0.250. The lowest BCUT2D eigenvalue weighted by atomic mass is 10.2. The predicted octanol–water partition coefficient (Wildman–Crippen LogP) is 2.91. The number of nitrogens with zero attached hydrogens (tertiary/aromatic N) is 4. The second kappa shape index (κ2) is 5.68. The molecule has 0 aliphatic rings. The number of aromatic amines is 1. The Morgan fingerprint density at radius 1 is 1.29 bits per heavy atom. The highest BCUT2D eigenvalue weighted by molar-refractivity contribution is 7.71. The molecule has 9 heteroatoms. The molecular formula is C12H12F3N5S. The van der Waals surface area contributed by atoms with Crippen molar-refractivity contribution in [2.24, 2.45) is 5.10 Å². The van der Waals surface area contributed by atoms with Gasteiger partial charge in [0.25, 0.3) is 5.82 Å². The molecule has 0 unspecified atom stereocenters. The first kappa shape index (κ1) is 15.2. The summed E-state index contributed by atoms with van der Waals surface area (Å²) in [5.41, 5.74) is 1.62. The summed E-state index contributed by atoms with van der Waals surface area (Å²) < 4.78 is 38.4. The van der Waals surface area contributed by atoms with Gasteiger partial charge in [0, 0.05) is 19.8 Å². The average Bonchev–Trinajstić information content (AvgIpc) is 2.78. The number of halogens is 3. The van der Waals surface area contributed by atoms with E-state index >= 15 is 0 Å². The standard InChI is InChI=1S/C12H12F3N5S/c1-19(2)9-5-3-8(4-6-9)7-16-20-10(12(13,14)15)17-18-11(20)21/h3-7H,1-2H3,(H,18,21)/b16-7+. The molecule has 0 radical (unpaired) electrons. The topological polar surface area (TPSA) is 49.2 Å². The van der Waals surface area contributed by atoms with Crippen molar-refractivity contribution >= 4 is 24.1 Å². The lowest BCUT2D eigenvalue weighted by Crippen LogP contribution is -2.12. The largest absolute Gasteiger partial charge is 0.453 e. The number of anilines is 1. The maximum atomic E-state index is 12.7. The molecule has 1 aromatic carbocycles. The van der Waals surface area contributed by atoms with E-state index in [1.807, 2.05) is 31.1 Å². The summed E-state index contributed by atoms with van der Waals surface area (Å²) >= 11 is 4.74. The van der Waals surface area contributed by atoms with Gasteiger partial charge in [-0.3, -0.25) is 0 Å². The molecule has 0 spiro atoms. The smallest absolute Gasteiger partial charge is 0.378 e. The third kappa shape index (κ3) is 3.48. The molecule has 0 aliphatic heterocycles. The van der Waals surface area contributed by atoms with Gasteiger partial charge in [0.15, 0.2) is 0 Å². The van der Waals surface area contributed by atoms with E-state index in [0.717, 1.165) is 5.69 Å². The molecular weight excluding hydrogens is 303 g/mol. The first-order valence-corrected chi connectivity index (χ1v) is 6.26. The number of nitrogens with one attached hydrogen (secondary N) is 1. The van der Waals surface area contributed by atoms with Crippen molar-refractivity contribution in [3.63, 3.8) is 0 Å². The number of benzene rings is 1. The Balaban J connectivity index is 2.30. The molecule has 0 atom stereocenters. The predicted molar refractivity (Wildman–Crippen MR) is 76.2 cm³/mol. The zero-order valence-corrected chi connectivity index (χ0v) is 12.0. The first-order chi connectivity index (χ1) is 9.79. The van der Waals surface area contributed by atoms with E-state index in [0.29, 0.717) is 10.2 Å². The van der Waals surface area contributed by atoms with Crippen molar-refractivity contribution < 1.29 is 13.2 Å². The maximum absolute atomic E-state index is 12.7. The Morgan fingerprint density at radius 3 is 2.43 bits per heavy atom. The SMILES string of the molecule is CN(C)c1ccc(/C=N/n2c(C(F)(F)F)n[nH]c2=S)cc1. The molecule has 0 amide bonds. The van der Waals surface area contributed by atoms with Gasteiger partial charge in [0.2, 0.25) is 4.77 Å². The fourth-order valence-electron chi connectivity index (χ4n) is 1.57. The summed E-state index contributed by atoms with van der Waals surface area (Å²) in [4.78, 5) is 1.91. The van der Waals surface area contributed by atoms with Crippen LogP contribution in [0.1, 0.15) is 11.4 Å². The van der Waals surface area contributed by atoms with E-state index in [2.05, 4.69) is 15.3 Å². The van der Waals surface area contributed by atoms with Crippen LogP contribution in [0, 0.1) is 4.77 Å². The van der Waals surface area contributed by atoms with E-state index in [1.54, 1.807) is 12.1 Å². The van der Waals surface area contributed by atoms with Crippen LogP contribution in [0.25, 0.3) is 0 Å². The molecule has 1 aromatic heterocycles. The quantitative estimate of drug-likeness (QED) is 0.700. The van der Waals surface area contributed by atoms with E-state index in [4.69, 9.17) is 12.2 Å². The molecule has 5 nitrogen and oxygen atoms in total. The number of rotatable bonds is 3. The van der Waals surface area contributed by atoms with Crippen LogP contribution < -0.4 is 4.90 Å². The molecule has 2 aromatic rings. The molecule has 112 valence electrons. The third-order valence-corrected chi connectivity index (χ3v) is 2.90. The zero-order chi connectivity index (χ0) is 15.6. The number of hydrogen-bond donors (Lipinski definition) is 1. The summed E-state index contributed by atoms with van der Waals surface area (Å²) in [6.45, 7) is 0. The van der Waals surface area contributed by atoms with Gasteiger partial charge in [0.1, 0.15) is 0 Å². The highest BCUT2D eigenvalue weighted by Gasteiger charge is 2.37. The van der Waals surface area contributed by atoms with Gasteiger partial charge in [-0.25, -0.2) is 5.10 Å². The third-order valence-electron chi connectivity index (χ3n) is 2.64. The van der Waals surface area contributed by atoms with Crippen LogP contribution in [0.4, 0.5) is 18.9 Å². The lowest BCUT2D eigenvalue weighted by molar-refractivity contribution is -0.147. The molecule has 0 aliphatic carbocycles. The van der Waals surface area contributed by atoms with Crippen molar-refractivity contribution in [2.45, 2.75) is 6.18 Å². The van der Waals surface area contributed by atoms with Crippen LogP contribution in [0.2, 0.25) is 0 Å². The molecule has 0 saturated heterocycles. The summed E-state index contributed by atoms with van der Waals surface area (Å²) in [6, 6.07) is 7.16. The fourth-order valence-corrected chi connectivity index (χ4v) is 1.74. The second-order valence-corrected chi connectivity index (χ2v) is 4.78. The Kier molecular flexibility index (Phi) is 4.12. The number of alkyl halides is 3.